The van der Waals surface area contributed by atoms with Crippen molar-refractivity contribution in [2.45, 2.75) is 58.8 Å². The van der Waals surface area contributed by atoms with Gasteiger partial charge in [0.1, 0.15) is 18.2 Å². The molecule has 11 heteroatoms. The van der Waals surface area contributed by atoms with Crippen LogP contribution in [0.1, 0.15) is 39.3 Å². The van der Waals surface area contributed by atoms with Crippen LogP contribution < -0.4 is 20.1 Å². The fraction of sp³-hybridized carbons (Fsp3) is 0.565. The molecule has 1 saturated heterocycles. The Kier molecular flexibility index (Phi) is 8.69. The summed E-state index contributed by atoms with van der Waals surface area (Å²) in [5.41, 5.74) is 1.50. The molecule has 0 unspecified atom stereocenters. The standard InChI is InChI=1S/C23H34N6O5/c1-14(2)33-23(31)29-10-8-17(9-11-29)34-22-20(32-5)21(25-13-26-22)28-18-6-7-19(27-16(18)4)24-12-15(3)30/h6-7,13-15,17,30H,8-12H2,1-5H3,(H,24,27)(H,25,26,28)/t15-/m0/s1. The number of methoxy groups -OCH3 is 1. The van der Waals surface area contributed by atoms with E-state index in [-0.39, 0.29) is 18.3 Å². The molecule has 0 saturated carbocycles. The Morgan fingerprint density at radius 3 is 2.59 bits per heavy atom. The van der Waals surface area contributed by atoms with Crippen LogP contribution in [0.15, 0.2) is 18.5 Å². The van der Waals surface area contributed by atoms with Gasteiger partial charge in [-0.25, -0.2) is 14.8 Å². The van der Waals surface area contributed by atoms with Crippen LogP contribution in [0.2, 0.25) is 0 Å². The number of nitrogens with zero attached hydrogens (tertiary/aromatic N) is 4. The van der Waals surface area contributed by atoms with Gasteiger partial charge in [0, 0.05) is 32.5 Å². The van der Waals surface area contributed by atoms with E-state index in [1.54, 1.807) is 11.8 Å². The van der Waals surface area contributed by atoms with Crippen molar-refractivity contribution in [3.8, 4) is 11.6 Å². The third kappa shape index (κ3) is 6.83. The number of carbonyl (C=O) groups is 1. The molecule has 0 bridgehead atoms. The number of aliphatic hydroxyl groups excluding tert-OH is 1. The lowest BCUT2D eigenvalue weighted by molar-refractivity contribution is 0.0500. The number of pyridine rings is 1. The van der Waals surface area contributed by atoms with E-state index in [9.17, 15) is 9.90 Å². The van der Waals surface area contributed by atoms with E-state index in [2.05, 4.69) is 25.6 Å². The second-order valence-corrected chi connectivity index (χ2v) is 8.48. The molecule has 1 amide bonds. The average molecular weight is 475 g/mol. The summed E-state index contributed by atoms with van der Waals surface area (Å²) in [7, 11) is 1.54. The predicted molar refractivity (Wildman–Crippen MR) is 128 cm³/mol. The predicted octanol–water partition coefficient (Wildman–Crippen LogP) is 3.11. The van der Waals surface area contributed by atoms with Gasteiger partial charge in [-0.15, -0.1) is 0 Å². The zero-order valence-corrected chi connectivity index (χ0v) is 20.4. The summed E-state index contributed by atoms with van der Waals surface area (Å²) in [4.78, 5) is 26.9. The summed E-state index contributed by atoms with van der Waals surface area (Å²) < 4.78 is 17.0. The van der Waals surface area contributed by atoms with Crippen LogP contribution in [-0.2, 0) is 4.74 Å². The summed E-state index contributed by atoms with van der Waals surface area (Å²) in [6, 6.07) is 3.70. The van der Waals surface area contributed by atoms with Crippen molar-refractivity contribution in [2.75, 3.05) is 37.4 Å². The fourth-order valence-corrected chi connectivity index (χ4v) is 3.48. The number of hydrogen-bond donors (Lipinski definition) is 3. The second-order valence-electron chi connectivity index (χ2n) is 8.48. The molecular weight excluding hydrogens is 440 g/mol. The van der Waals surface area contributed by atoms with E-state index in [4.69, 9.17) is 14.2 Å². The van der Waals surface area contributed by atoms with Crippen molar-refractivity contribution >= 4 is 23.4 Å². The number of aromatic nitrogens is 3. The number of ether oxygens (including phenoxy) is 3. The maximum atomic E-state index is 12.1. The zero-order valence-electron chi connectivity index (χ0n) is 20.4. The maximum Gasteiger partial charge on any atom is 0.410 e. The largest absolute Gasteiger partial charge is 0.489 e. The fourth-order valence-electron chi connectivity index (χ4n) is 3.48. The Bertz CT molecular complexity index is 963. The minimum Gasteiger partial charge on any atom is -0.489 e. The Morgan fingerprint density at radius 1 is 1.24 bits per heavy atom. The molecule has 1 fully saturated rings. The number of piperidine rings is 1. The monoisotopic (exact) mass is 474 g/mol. The van der Waals surface area contributed by atoms with Crippen LogP contribution in [0.25, 0.3) is 0 Å². The summed E-state index contributed by atoms with van der Waals surface area (Å²) in [5.74, 6) is 1.86. The highest BCUT2D eigenvalue weighted by Crippen LogP contribution is 2.35. The molecule has 1 aliphatic rings. The van der Waals surface area contributed by atoms with Crippen LogP contribution in [0.3, 0.4) is 0 Å². The molecule has 3 heterocycles. The Labute approximate surface area is 199 Å². The highest BCUT2D eigenvalue weighted by Gasteiger charge is 2.27. The van der Waals surface area contributed by atoms with Crippen molar-refractivity contribution in [3.63, 3.8) is 0 Å². The van der Waals surface area contributed by atoms with Gasteiger partial charge in [-0.1, -0.05) is 0 Å². The lowest BCUT2D eigenvalue weighted by atomic mass is 10.1. The van der Waals surface area contributed by atoms with Gasteiger partial charge in [-0.05, 0) is 39.8 Å². The topological polar surface area (TPSA) is 131 Å². The summed E-state index contributed by atoms with van der Waals surface area (Å²) in [5, 5.41) is 15.8. The maximum absolute atomic E-state index is 12.1. The molecule has 186 valence electrons. The molecule has 3 N–H and O–H groups in total. The number of amides is 1. The first-order chi connectivity index (χ1) is 16.3. The third-order valence-electron chi connectivity index (χ3n) is 5.21. The van der Waals surface area contributed by atoms with Gasteiger partial charge in [0.25, 0.3) is 5.88 Å². The quantitative estimate of drug-likeness (QED) is 0.498. The number of hydrogen-bond acceptors (Lipinski definition) is 10. The second kappa shape index (κ2) is 11.7. The number of rotatable bonds is 9. The van der Waals surface area contributed by atoms with Gasteiger partial charge in [0.05, 0.1) is 30.7 Å². The molecule has 34 heavy (non-hydrogen) atoms. The van der Waals surface area contributed by atoms with Crippen molar-refractivity contribution in [3.05, 3.63) is 24.2 Å². The zero-order chi connectivity index (χ0) is 24.7. The van der Waals surface area contributed by atoms with Gasteiger partial charge in [-0.3, -0.25) is 0 Å². The van der Waals surface area contributed by atoms with Gasteiger partial charge in [0.15, 0.2) is 5.82 Å². The highest BCUT2D eigenvalue weighted by atomic mass is 16.6. The first-order valence-electron chi connectivity index (χ1n) is 11.4. The number of nitrogens with one attached hydrogen (secondary N) is 2. The minimum absolute atomic E-state index is 0.109. The van der Waals surface area contributed by atoms with Crippen LogP contribution in [-0.4, -0.2) is 76.1 Å². The van der Waals surface area contributed by atoms with Crippen molar-refractivity contribution in [2.24, 2.45) is 0 Å². The van der Waals surface area contributed by atoms with E-state index in [0.29, 0.717) is 55.7 Å². The highest BCUT2D eigenvalue weighted by molar-refractivity contribution is 5.68. The molecule has 0 radical (unpaired) electrons. The molecule has 11 nitrogen and oxygen atoms in total. The Morgan fingerprint density at radius 2 is 1.97 bits per heavy atom. The van der Waals surface area contributed by atoms with E-state index in [1.165, 1.54) is 13.4 Å². The van der Waals surface area contributed by atoms with Gasteiger partial charge in [-0.2, -0.15) is 4.98 Å². The van der Waals surface area contributed by atoms with Crippen molar-refractivity contribution in [1.82, 2.24) is 19.9 Å². The van der Waals surface area contributed by atoms with E-state index in [0.717, 1.165) is 11.4 Å². The number of carbonyl (C=O) groups excluding carboxylic acids is 1. The first kappa shape index (κ1) is 25.3. The Hall–Kier alpha value is -3.34. The molecule has 1 aliphatic heterocycles. The first-order valence-corrected chi connectivity index (χ1v) is 11.4. The number of aliphatic hydroxyl groups is 1. The molecular formula is C23H34N6O5. The number of anilines is 3. The normalized spacial score (nSPS) is 15.1. The SMILES string of the molecule is COc1c(Nc2ccc(NC[C@H](C)O)nc2C)ncnc1OC1CCN(C(=O)OC(C)C)CC1. The van der Waals surface area contributed by atoms with E-state index < -0.39 is 6.10 Å². The van der Waals surface area contributed by atoms with E-state index >= 15 is 0 Å². The lowest BCUT2D eigenvalue weighted by Gasteiger charge is -2.31. The smallest absolute Gasteiger partial charge is 0.410 e. The lowest BCUT2D eigenvalue weighted by Crippen LogP contribution is -2.42. The number of aryl methyl sites for hydroxylation is 1. The summed E-state index contributed by atoms with van der Waals surface area (Å²) in [6.07, 6.45) is 1.72. The molecule has 0 aliphatic carbocycles. The minimum atomic E-state index is -0.468. The van der Waals surface area contributed by atoms with Crippen LogP contribution in [0.4, 0.5) is 22.1 Å². The third-order valence-corrected chi connectivity index (χ3v) is 5.21. The molecule has 2 aromatic heterocycles. The van der Waals surface area contributed by atoms with Crippen LogP contribution in [0, 0.1) is 6.92 Å². The molecule has 2 aromatic rings. The molecule has 0 aromatic carbocycles. The van der Waals surface area contributed by atoms with Crippen molar-refractivity contribution in [1.29, 1.82) is 0 Å². The Balaban J connectivity index is 1.65. The molecule has 0 spiro atoms. The summed E-state index contributed by atoms with van der Waals surface area (Å²) >= 11 is 0. The van der Waals surface area contributed by atoms with Gasteiger partial charge in [0.2, 0.25) is 5.75 Å². The van der Waals surface area contributed by atoms with Crippen molar-refractivity contribution < 1.29 is 24.1 Å². The van der Waals surface area contributed by atoms with Crippen LogP contribution in [0.5, 0.6) is 11.6 Å². The van der Waals surface area contributed by atoms with E-state index in [1.807, 2.05) is 32.9 Å². The average Bonchev–Trinajstić information content (AvgIpc) is 2.79. The van der Waals surface area contributed by atoms with Gasteiger partial charge < -0.3 is 34.9 Å². The number of likely N-dealkylation sites (tertiary alicyclic amines) is 1. The van der Waals surface area contributed by atoms with Crippen LogP contribution >= 0.6 is 0 Å². The van der Waals surface area contributed by atoms with Gasteiger partial charge >= 0.3 is 6.09 Å². The molecule has 3 rings (SSSR count). The molecule has 1 atom stereocenters. The summed E-state index contributed by atoms with van der Waals surface area (Å²) in [6.45, 7) is 8.77.